The molecule has 16 heavy (non-hydrogen) atoms. The van der Waals surface area contributed by atoms with Gasteiger partial charge in [0.1, 0.15) is 0 Å². The van der Waals surface area contributed by atoms with Crippen LogP contribution >= 0.6 is 11.6 Å². The molecule has 94 valence electrons. The van der Waals surface area contributed by atoms with Gasteiger partial charge in [0.05, 0.1) is 11.8 Å². The molecule has 0 radical (unpaired) electrons. The number of carbonyl (C=O) groups excluding carboxylic acids is 1. The molecule has 2 N–H and O–H groups in total. The number of carbonyl (C=O) groups is 1. The van der Waals surface area contributed by atoms with Gasteiger partial charge in [-0.1, -0.05) is 39.0 Å². The molecular formula is C10H20ClN3O2. The minimum Gasteiger partial charge on any atom is -0.350 e. The first-order valence-corrected chi connectivity index (χ1v) is 6.11. The van der Waals surface area contributed by atoms with Crippen molar-refractivity contribution in [2.45, 2.75) is 39.0 Å². The Kier molecular flexibility index (Phi) is 8.90. The van der Waals surface area contributed by atoms with Crippen LogP contribution in [-0.4, -0.2) is 23.5 Å². The Morgan fingerprint density at radius 3 is 2.19 bits per heavy atom. The van der Waals surface area contributed by atoms with Crippen LogP contribution in [0, 0.1) is 10.8 Å². The first-order valence-electron chi connectivity index (χ1n) is 5.58. The summed E-state index contributed by atoms with van der Waals surface area (Å²) in [5.41, 5.74) is 4.67. The van der Waals surface area contributed by atoms with E-state index in [4.69, 9.17) is 11.6 Å². The first-order chi connectivity index (χ1) is 7.61. The lowest BCUT2D eigenvalue weighted by atomic mass is 9.91. The van der Waals surface area contributed by atoms with Crippen LogP contribution in [0.1, 0.15) is 39.0 Å². The number of hydrogen-bond donors (Lipinski definition) is 1. The summed E-state index contributed by atoms with van der Waals surface area (Å²) >= 11 is 5.17. The van der Waals surface area contributed by atoms with Crippen molar-refractivity contribution in [3.63, 3.8) is 0 Å². The van der Waals surface area contributed by atoms with E-state index in [9.17, 15) is 9.70 Å². The van der Waals surface area contributed by atoms with E-state index in [1.807, 2.05) is 0 Å². The fourth-order valence-corrected chi connectivity index (χ4v) is 1.74. The van der Waals surface area contributed by atoms with Crippen LogP contribution in [-0.2, 0) is 0 Å². The molecule has 1 rings (SSSR count). The number of hydrogen-bond acceptors (Lipinski definition) is 3. The maximum atomic E-state index is 10.1. The third kappa shape index (κ3) is 7.45. The molecule has 0 saturated heterocycles. The fraction of sp³-hybridized carbons (Fsp3) is 0.900. The summed E-state index contributed by atoms with van der Waals surface area (Å²) in [4.78, 5) is 19.8. The topological polar surface area (TPSA) is 75.8 Å². The van der Waals surface area contributed by atoms with Gasteiger partial charge in [-0.2, -0.15) is 5.01 Å². The number of halogens is 1. The number of alkyl halides is 1. The van der Waals surface area contributed by atoms with Crippen molar-refractivity contribution in [2.75, 3.05) is 12.4 Å². The number of primary amides is 1. The van der Waals surface area contributed by atoms with E-state index in [1.54, 1.807) is 0 Å². The van der Waals surface area contributed by atoms with Gasteiger partial charge < -0.3 is 5.73 Å². The van der Waals surface area contributed by atoms with Gasteiger partial charge >= 0.3 is 6.03 Å². The molecule has 0 spiro atoms. The molecule has 0 bridgehead atoms. The van der Waals surface area contributed by atoms with Crippen LogP contribution in [0.2, 0.25) is 0 Å². The summed E-state index contributed by atoms with van der Waals surface area (Å²) in [6.45, 7) is 2.42. The van der Waals surface area contributed by atoms with Gasteiger partial charge in [0.2, 0.25) is 0 Å². The number of nitrogens with two attached hydrogens (primary N) is 1. The Balaban J connectivity index is 0.000000288. The Morgan fingerprint density at radius 2 is 2.00 bits per heavy atom. The van der Waals surface area contributed by atoms with Crippen LogP contribution in [0.4, 0.5) is 4.79 Å². The van der Waals surface area contributed by atoms with Gasteiger partial charge in [-0.25, -0.2) is 4.79 Å². The monoisotopic (exact) mass is 249 g/mol. The molecule has 0 atom stereocenters. The molecule has 1 aliphatic carbocycles. The second-order valence-corrected chi connectivity index (χ2v) is 4.35. The quantitative estimate of drug-likeness (QED) is 0.474. The lowest BCUT2D eigenvalue weighted by Crippen LogP contribution is -2.32. The van der Waals surface area contributed by atoms with Crippen molar-refractivity contribution < 1.29 is 4.79 Å². The zero-order valence-corrected chi connectivity index (χ0v) is 10.4. The zero-order valence-electron chi connectivity index (χ0n) is 9.69. The Hall–Kier alpha value is -0.840. The van der Waals surface area contributed by atoms with Crippen LogP contribution in [0.5, 0.6) is 0 Å². The highest BCUT2D eigenvalue weighted by Crippen LogP contribution is 2.22. The standard InChI is InChI=1S/C7H14.C3H6ClN3O2/c1-7-5-3-2-4-6-7;4-1-2-7(6-9)3(5)8/h7H,2-6H2,1H3;1-2H2,(H2,5,8). The van der Waals surface area contributed by atoms with Crippen molar-refractivity contribution in [3.05, 3.63) is 4.91 Å². The highest BCUT2D eigenvalue weighted by molar-refractivity contribution is 6.18. The zero-order chi connectivity index (χ0) is 12.4. The largest absolute Gasteiger partial charge is 0.350 e. The van der Waals surface area contributed by atoms with Crippen molar-refractivity contribution in [1.29, 1.82) is 0 Å². The molecule has 0 aromatic rings. The highest BCUT2D eigenvalue weighted by atomic mass is 35.5. The minimum atomic E-state index is -0.884. The number of nitrogens with zero attached hydrogens (tertiary/aromatic N) is 2. The first kappa shape index (κ1) is 15.2. The third-order valence-corrected chi connectivity index (χ3v) is 2.71. The highest BCUT2D eigenvalue weighted by Gasteiger charge is 2.06. The van der Waals surface area contributed by atoms with E-state index in [-0.39, 0.29) is 12.4 Å². The maximum Gasteiger partial charge on any atom is 0.337 e. The Morgan fingerprint density at radius 1 is 1.44 bits per heavy atom. The van der Waals surface area contributed by atoms with Crippen LogP contribution in [0.25, 0.3) is 0 Å². The van der Waals surface area contributed by atoms with Gasteiger partial charge in [-0.3, -0.25) is 0 Å². The molecule has 1 fully saturated rings. The van der Waals surface area contributed by atoms with E-state index in [1.165, 1.54) is 32.1 Å². The lowest BCUT2D eigenvalue weighted by Gasteiger charge is -2.15. The summed E-state index contributed by atoms with van der Waals surface area (Å²) < 4.78 is 0. The Bertz CT molecular complexity index is 208. The van der Waals surface area contributed by atoms with E-state index < -0.39 is 6.03 Å². The van der Waals surface area contributed by atoms with Crippen LogP contribution in [0.3, 0.4) is 0 Å². The van der Waals surface area contributed by atoms with Crippen molar-refractivity contribution >= 4 is 17.6 Å². The Labute approximate surface area is 101 Å². The predicted octanol–water partition coefficient (Wildman–Crippen LogP) is 2.87. The predicted molar refractivity (Wildman–Crippen MR) is 65.1 cm³/mol. The van der Waals surface area contributed by atoms with Crippen molar-refractivity contribution in [2.24, 2.45) is 16.9 Å². The normalized spacial score (nSPS) is 15.9. The molecule has 6 heteroatoms. The lowest BCUT2D eigenvalue weighted by molar-refractivity contribution is 0.212. The van der Waals surface area contributed by atoms with Gasteiger partial charge in [0.15, 0.2) is 0 Å². The van der Waals surface area contributed by atoms with Gasteiger partial charge in [0.25, 0.3) is 0 Å². The van der Waals surface area contributed by atoms with E-state index in [0.29, 0.717) is 5.01 Å². The average Bonchev–Trinajstić information content (AvgIpc) is 2.27. The van der Waals surface area contributed by atoms with Crippen LogP contribution < -0.4 is 5.73 Å². The van der Waals surface area contributed by atoms with Gasteiger partial charge in [-0.05, 0) is 5.92 Å². The van der Waals surface area contributed by atoms with Gasteiger partial charge in [-0.15, -0.1) is 16.5 Å². The molecule has 0 unspecified atom stereocenters. The molecule has 0 aromatic carbocycles. The van der Waals surface area contributed by atoms with Gasteiger partial charge in [0, 0.05) is 5.88 Å². The SMILES string of the molecule is CC1CCCCC1.NC(=O)N(CCCl)N=O. The summed E-state index contributed by atoms with van der Waals surface area (Å²) in [7, 11) is 0. The minimum absolute atomic E-state index is 0.0559. The summed E-state index contributed by atoms with van der Waals surface area (Å²) in [6, 6.07) is -0.884. The molecule has 2 amide bonds. The molecule has 0 aliphatic heterocycles. The molecule has 0 heterocycles. The fourth-order valence-electron chi connectivity index (χ4n) is 1.58. The molecular weight excluding hydrogens is 230 g/mol. The maximum absolute atomic E-state index is 10.1. The van der Waals surface area contributed by atoms with E-state index in [0.717, 1.165) is 5.92 Å². The number of nitroso groups, excluding NO2 is 1. The number of urea groups is 1. The third-order valence-electron chi connectivity index (χ3n) is 2.54. The van der Waals surface area contributed by atoms with E-state index in [2.05, 4.69) is 17.9 Å². The average molecular weight is 250 g/mol. The molecule has 0 aromatic heterocycles. The molecule has 1 aliphatic rings. The molecule has 1 saturated carbocycles. The summed E-state index contributed by atoms with van der Waals surface area (Å²) in [5.74, 6) is 1.18. The van der Waals surface area contributed by atoms with Crippen molar-refractivity contribution in [1.82, 2.24) is 5.01 Å². The van der Waals surface area contributed by atoms with Crippen LogP contribution in [0.15, 0.2) is 5.29 Å². The second kappa shape index (κ2) is 9.39. The van der Waals surface area contributed by atoms with Crippen molar-refractivity contribution in [3.8, 4) is 0 Å². The van der Waals surface area contributed by atoms with E-state index >= 15 is 0 Å². The number of rotatable bonds is 3. The summed E-state index contributed by atoms with van der Waals surface area (Å²) in [6.07, 6.45) is 7.44. The second-order valence-electron chi connectivity index (χ2n) is 3.98. The smallest absolute Gasteiger partial charge is 0.337 e. The summed E-state index contributed by atoms with van der Waals surface area (Å²) in [5, 5.41) is 2.85. The number of amides is 2. The molecule has 5 nitrogen and oxygen atoms in total.